The Kier molecular flexibility index (Phi) is 8.34. The van der Waals surface area contributed by atoms with Crippen molar-refractivity contribution in [1.82, 2.24) is 0 Å². The maximum atomic E-state index is 12.6. The molecule has 2 nitrogen and oxygen atoms in total. The number of carbonyl (C=O) groups is 1. The molecule has 2 atom stereocenters. The Hall–Kier alpha value is -2.09. The molecule has 0 heterocycles. The van der Waals surface area contributed by atoms with Crippen LogP contribution in [0.4, 0.5) is 0 Å². The summed E-state index contributed by atoms with van der Waals surface area (Å²) in [7, 11) is 0. The molecule has 1 fully saturated rings. The van der Waals surface area contributed by atoms with Crippen LogP contribution in [0.25, 0.3) is 11.1 Å². The van der Waals surface area contributed by atoms with Crippen LogP contribution >= 0.6 is 0 Å². The van der Waals surface area contributed by atoms with E-state index < -0.39 is 0 Å². The number of rotatable bonds is 10. The Morgan fingerprint density at radius 2 is 1.52 bits per heavy atom. The molecule has 1 saturated carbocycles. The molecule has 0 bridgehead atoms. The second-order valence-electron chi connectivity index (χ2n) is 8.51. The number of ether oxygens (including phenoxy) is 1. The first-order valence-corrected chi connectivity index (χ1v) is 11.6. The number of unbranched alkanes of at least 4 members (excludes halogenated alkanes) is 3. The molecule has 0 radical (unpaired) electrons. The number of carbonyl (C=O) groups excluding carboxylic acids is 1. The molecule has 2 aromatic rings. The van der Waals surface area contributed by atoms with Crippen molar-refractivity contribution >= 4 is 5.78 Å². The molecular formula is C27H36O2. The smallest absolute Gasteiger partial charge is 0.140 e. The Balaban J connectivity index is 1.55. The monoisotopic (exact) mass is 392 g/mol. The van der Waals surface area contributed by atoms with Crippen LogP contribution in [0, 0.1) is 5.92 Å². The van der Waals surface area contributed by atoms with Crippen molar-refractivity contribution in [2.45, 2.75) is 77.6 Å². The van der Waals surface area contributed by atoms with E-state index in [1.54, 1.807) is 0 Å². The van der Waals surface area contributed by atoms with Crippen molar-refractivity contribution < 1.29 is 9.53 Å². The molecule has 0 amide bonds. The molecule has 0 aromatic heterocycles. The summed E-state index contributed by atoms with van der Waals surface area (Å²) < 4.78 is 5.84. The van der Waals surface area contributed by atoms with Gasteiger partial charge in [0.2, 0.25) is 0 Å². The lowest BCUT2D eigenvalue weighted by molar-refractivity contribution is -0.123. The molecule has 0 aliphatic heterocycles. The molecule has 0 saturated heterocycles. The van der Waals surface area contributed by atoms with Crippen LogP contribution in [-0.4, -0.2) is 12.4 Å². The molecule has 0 spiro atoms. The van der Waals surface area contributed by atoms with Crippen molar-refractivity contribution in [3.8, 4) is 16.9 Å². The lowest BCUT2D eigenvalue weighted by atomic mass is 9.76. The van der Waals surface area contributed by atoms with Crippen LogP contribution in [-0.2, 0) is 4.79 Å². The average Bonchev–Trinajstić information content (AvgIpc) is 2.75. The van der Waals surface area contributed by atoms with Gasteiger partial charge in [-0.15, -0.1) is 0 Å². The van der Waals surface area contributed by atoms with Crippen LogP contribution < -0.4 is 4.74 Å². The highest BCUT2D eigenvalue weighted by Gasteiger charge is 2.29. The van der Waals surface area contributed by atoms with Gasteiger partial charge in [-0.2, -0.15) is 0 Å². The maximum absolute atomic E-state index is 12.6. The van der Waals surface area contributed by atoms with Gasteiger partial charge in [0.05, 0.1) is 6.61 Å². The Bertz CT molecular complexity index is 745. The normalized spacial score (nSPS) is 19.3. The standard InChI is InChI=1S/C27H36O2/c1-3-5-6-7-19-29-25-16-14-23(15-17-25)22-10-12-24(13-11-22)26-18-9-21(8-4-2)20-27(26)28/h10-17,21,26H,3-9,18-20H2,1-2H3/t21-,26+/m1/s1. The molecular weight excluding hydrogens is 356 g/mol. The molecule has 0 N–H and O–H groups in total. The predicted molar refractivity (Wildman–Crippen MR) is 122 cm³/mol. The second-order valence-corrected chi connectivity index (χ2v) is 8.51. The second kappa shape index (κ2) is 11.2. The van der Waals surface area contributed by atoms with E-state index in [9.17, 15) is 4.79 Å². The van der Waals surface area contributed by atoms with E-state index in [0.29, 0.717) is 11.7 Å². The molecule has 2 aromatic carbocycles. The zero-order valence-electron chi connectivity index (χ0n) is 18.2. The Labute approximate surface area is 176 Å². The third-order valence-electron chi connectivity index (χ3n) is 6.21. The molecule has 1 aliphatic rings. The van der Waals surface area contributed by atoms with Gasteiger partial charge in [0.1, 0.15) is 11.5 Å². The SMILES string of the molecule is CCCCCCOc1ccc(-c2ccc([C@@H]3CC[C@@H](CCC)CC3=O)cc2)cc1. The zero-order valence-corrected chi connectivity index (χ0v) is 18.2. The minimum absolute atomic E-state index is 0.0978. The third-order valence-corrected chi connectivity index (χ3v) is 6.21. The van der Waals surface area contributed by atoms with Crippen molar-refractivity contribution in [3.63, 3.8) is 0 Å². The number of hydrogen-bond acceptors (Lipinski definition) is 2. The summed E-state index contributed by atoms with van der Waals surface area (Å²) in [4.78, 5) is 12.6. The van der Waals surface area contributed by atoms with E-state index in [4.69, 9.17) is 4.74 Å². The fourth-order valence-corrected chi connectivity index (χ4v) is 4.47. The summed E-state index contributed by atoms with van der Waals surface area (Å²) in [6, 6.07) is 17.0. The van der Waals surface area contributed by atoms with Crippen LogP contribution in [0.1, 0.15) is 83.1 Å². The first kappa shape index (κ1) is 21.6. The van der Waals surface area contributed by atoms with Crippen LogP contribution in [0.15, 0.2) is 48.5 Å². The van der Waals surface area contributed by atoms with Gasteiger partial charge in [-0.05, 0) is 54.0 Å². The Morgan fingerprint density at radius 3 is 2.14 bits per heavy atom. The van der Waals surface area contributed by atoms with E-state index >= 15 is 0 Å². The van der Waals surface area contributed by atoms with Gasteiger partial charge in [0.15, 0.2) is 0 Å². The van der Waals surface area contributed by atoms with Gasteiger partial charge in [-0.25, -0.2) is 0 Å². The van der Waals surface area contributed by atoms with E-state index in [1.807, 2.05) is 0 Å². The van der Waals surface area contributed by atoms with E-state index in [1.165, 1.54) is 55.2 Å². The van der Waals surface area contributed by atoms with Gasteiger partial charge in [0.25, 0.3) is 0 Å². The fourth-order valence-electron chi connectivity index (χ4n) is 4.47. The lowest BCUT2D eigenvalue weighted by Gasteiger charge is -2.27. The number of benzene rings is 2. The van der Waals surface area contributed by atoms with Gasteiger partial charge in [0, 0.05) is 12.3 Å². The largest absolute Gasteiger partial charge is 0.494 e. The van der Waals surface area contributed by atoms with Gasteiger partial charge in [-0.1, -0.05) is 82.3 Å². The first-order valence-electron chi connectivity index (χ1n) is 11.6. The number of hydrogen-bond donors (Lipinski definition) is 0. The highest BCUT2D eigenvalue weighted by Crippen LogP contribution is 2.35. The molecule has 156 valence electrons. The van der Waals surface area contributed by atoms with Crippen molar-refractivity contribution in [3.05, 3.63) is 54.1 Å². The minimum Gasteiger partial charge on any atom is -0.494 e. The summed E-state index contributed by atoms with van der Waals surface area (Å²) in [5.74, 6) is 2.08. The van der Waals surface area contributed by atoms with E-state index in [-0.39, 0.29) is 5.92 Å². The zero-order chi connectivity index (χ0) is 20.5. The topological polar surface area (TPSA) is 26.3 Å². The van der Waals surface area contributed by atoms with Gasteiger partial charge >= 0.3 is 0 Å². The molecule has 29 heavy (non-hydrogen) atoms. The van der Waals surface area contributed by atoms with Crippen LogP contribution in [0.5, 0.6) is 5.75 Å². The predicted octanol–water partition coefficient (Wildman–Crippen LogP) is 7.57. The molecule has 3 rings (SSSR count). The van der Waals surface area contributed by atoms with E-state index in [2.05, 4.69) is 62.4 Å². The summed E-state index contributed by atoms with van der Waals surface area (Å²) in [5, 5.41) is 0. The number of Topliss-reactive ketones (excluding diaryl/α,β-unsaturated/α-hetero) is 1. The summed E-state index contributed by atoms with van der Waals surface area (Å²) in [6.45, 7) is 5.23. The fraction of sp³-hybridized carbons (Fsp3) is 0.519. The Morgan fingerprint density at radius 1 is 0.828 bits per heavy atom. The van der Waals surface area contributed by atoms with Crippen LogP contribution in [0.3, 0.4) is 0 Å². The highest BCUT2D eigenvalue weighted by atomic mass is 16.5. The van der Waals surface area contributed by atoms with Crippen LogP contribution in [0.2, 0.25) is 0 Å². The quantitative estimate of drug-likeness (QED) is 0.390. The average molecular weight is 393 g/mol. The molecule has 1 aliphatic carbocycles. The van der Waals surface area contributed by atoms with E-state index in [0.717, 1.165) is 31.6 Å². The lowest BCUT2D eigenvalue weighted by Crippen LogP contribution is -2.23. The summed E-state index contributed by atoms with van der Waals surface area (Å²) >= 11 is 0. The minimum atomic E-state index is 0.0978. The number of ketones is 1. The first-order chi connectivity index (χ1) is 14.2. The summed E-state index contributed by atoms with van der Waals surface area (Å²) in [6.07, 6.45) is 10.2. The van der Waals surface area contributed by atoms with Gasteiger partial charge in [-0.3, -0.25) is 4.79 Å². The molecule has 0 unspecified atom stereocenters. The van der Waals surface area contributed by atoms with Crippen molar-refractivity contribution in [1.29, 1.82) is 0 Å². The summed E-state index contributed by atoms with van der Waals surface area (Å²) in [5.41, 5.74) is 3.56. The molecule has 2 heteroatoms. The van der Waals surface area contributed by atoms with Crippen molar-refractivity contribution in [2.24, 2.45) is 5.92 Å². The highest BCUT2D eigenvalue weighted by molar-refractivity contribution is 5.86. The maximum Gasteiger partial charge on any atom is 0.140 e. The third kappa shape index (κ3) is 6.19. The van der Waals surface area contributed by atoms with Crippen molar-refractivity contribution in [2.75, 3.05) is 6.61 Å². The van der Waals surface area contributed by atoms with Gasteiger partial charge < -0.3 is 4.74 Å².